The van der Waals surface area contributed by atoms with E-state index in [1.54, 1.807) is 19.1 Å². The van der Waals surface area contributed by atoms with Crippen LogP contribution in [0.25, 0.3) is 11.5 Å². The fourth-order valence-electron chi connectivity index (χ4n) is 2.19. The van der Waals surface area contributed by atoms with Crippen LogP contribution < -0.4 is 10.1 Å². The van der Waals surface area contributed by atoms with Gasteiger partial charge in [-0.25, -0.2) is 0 Å². The summed E-state index contributed by atoms with van der Waals surface area (Å²) in [5.41, 5.74) is 2.46. The van der Waals surface area contributed by atoms with Gasteiger partial charge in [-0.3, -0.25) is 4.79 Å². The fraction of sp³-hybridized carbons (Fsp3) is 0.167. The van der Waals surface area contributed by atoms with Crippen molar-refractivity contribution in [2.75, 3.05) is 11.9 Å². The maximum absolute atomic E-state index is 12.0. The largest absolute Gasteiger partial charge is 0.484 e. The number of aromatic nitrogens is 2. The zero-order chi connectivity index (χ0) is 16.9. The predicted molar refractivity (Wildman–Crippen MR) is 89.8 cm³/mol. The van der Waals surface area contributed by atoms with Gasteiger partial charge in [0.05, 0.1) is 0 Å². The first-order valence-electron chi connectivity index (χ1n) is 7.50. The van der Waals surface area contributed by atoms with Crippen molar-refractivity contribution in [3.8, 4) is 17.2 Å². The minimum absolute atomic E-state index is 0.0622. The molecule has 0 fully saturated rings. The summed E-state index contributed by atoms with van der Waals surface area (Å²) in [6.45, 7) is 3.63. The van der Waals surface area contributed by atoms with Crippen LogP contribution >= 0.6 is 0 Å². The highest BCUT2D eigenvalue weighted by Crippen LogP contribution is 2.21. The first kappa shape index (κ1) is 15.7. The van der Waals surface area contributed by atoms with Crippen LogP contribution in [0.4, 0.5) is 5.69 Å². The summed E-state index contributed by atoms with van der Waals surface area (Å²) >= 11 is 0. The van der Waals surface area contributed by atoms with Gasteiger partial charge in [-0.2, -0.15) is 0 Å². The molecule has 0 saturated carbocycles. The van der Waals surface area contributed by atoms with Crippen molar-refractivity contribution in [3.63, 3.8) is 0 Å². The Morgan fingerprint density at radius 1 is 1.12 bits per heavy atom. The SMILES string of the molecule is Cc1cccc(OCC(=O)Nc2cccc(-c3nnc(C)o3)c2)c1. The van der Waals surface area contributed by atoms with E-state index in [0.717, 1.165) is 11.1 Å². The van der Waals surface area contributed by atoms with Crippen LogP contribution in [0.1, 0.15) is 11.5 Å². The van der Waals surface area contributed by atoms with E-state index in [1.807, 2.05) is 43.3 Å². The normalized spacial score (nSPS) is 10.4. The van der Waals surface area contributed by atoms with E-state index in [2.05, 4.69) is 15.5 Å². The monoisotopic (exact) mass is 323 g/mol. The second-order valence-electron chi connectivity index (χ2n) is 5.36. The van der Waals surface area contributed by atoms with E-state index < -0.39 is 0 Å². The first-order valence-corrected chi connectivity index (χ1v) is 7.50. The molecule has 3 rings (SSSR count). The van der Waals surface area contributed by atoms with Gasteiger partial charge in [0.15, 0.2) is 6.61 Å². The number of carbonyl (C=O) groups excluding carboxylic acids is 1. The number of hydrogen-bond donors (Lipinski definition) is 1. The minimum atomic E-state index is -0.240. The molecule has 3 aromatic rings. The Labute approximate surface area is 139 Å². The van der Waals surface area contributed by atoms with Crippen molar-refractivity contribution < 1.29 is 13.9 Å². The quantitative estimate of drug-likeness (QED) is 0.779. The molecule has 0 atom stereocenters. The van der Waals surface area contributed by atoms with Gasteiger partial charge in [0, 0.05) is 18.2 Å². The van der Waals surface area contributed by atoms with Crippen molar-refractivity contribution in [1.82, 2.24) is 10.2 Å². The number of hydrogen-bond acceptors (Lipinski definition) is 5. The maximum atomic E-state index is 12.0. The average Bonchev–Trinajstić information content (AvgIpc) is 3.00. The molecule has 122 valence electrons. The van der Waals surface area contributed by atoms with Crippen molar-refractivity contribution >= 4 is 11.6 Å². The Kier molecular flexibility index (Phi) is 4.56. The van der Waals surface area contributed by atoms with E-state index in [9.17, 15) is 4.79 Å². The molecule has 0 radical (unpaired) electrons. The molecular formula is C18H17N3O3. The van der Waals surface area contributed by atoms with Crippen LogP contribution in [0, 0.1) is 13.8 Å². The standard InChI is InChI=1S/C18H17N3O3/c1-12-5-3-8-16(9-12)23-11-17(22)19-15-7-4-6-14(10-15)18-21-20-13(2)24-18/h3-10H,11H2,1-2H3,(H,19,22). The van der Waals surface area contributed by atoms with Gasteiger partial charge in [-0.15, -0.1) is 10.2 Å². The maximum Gasteiger partial charge on any atom is 0.262 e. The number of nitrogens with one attached hydrogen (secondary N) is 1. The van der Waals surface area contributed by atoms with Crippen LogP contribution in [-0.4, -0.2) is 22.7 Å². The summed E-state index contributed by atoms with van der Waals surface area (Å²) < 4.78 is 10.9. The van der Waals surface area contributed by atoms with Crippen molar-refractivity contribution in [1.29, 1.82) is 0 Å². The molecule has 0 spiro atoms. The molecule has 24 heavy (non-hydrogen) atoms. The molecule has 0 aliphatic rings. The summed E-state index contributed by atoms with van der Waals surface area (Å²) in [6.07, 6.45) is 0. The lowest BCUT2D eigenvalue weighted by atomic mass is 10.2. The van der Waals surface area contributed by atoms with Crippen molar-refractivity contribution in [3.05, 3.63) is 60.0 Å². The van der Waals surface area contributed by atoms with Crippen molar-refractivity contribution in [2.45, 2.75) is 13.8 Å². The molecule has 0 bridgehead atoms. The molecule has 2 aromatic carbocycles. The number of rotatable bonds is 5. The van der Waals surface area contributed by atoms with Gasteiger partial charge in [-0.05, 0) is 42.8 Å². The number of amides is 1. The third-order valence-corrected chi connectivity index (χ3v) is 3.28. The molecule has 1 aromatic heterocycles. The summed E-state index contributed by atoms with van der Waals surface area (Å²) in [7, 11) is 0. The van der Waals surface area contributed by atoms with E-state index >= 15 is 0 Å². The second kappa shape index (κ2) is 6.95. The first-order chi connectivity index (χ1) is 11.6. The number of aryl methyl sites for hydroxylation is 2. The Morgan fingerprint density at radius 2 is 1.96 bits per heavy atom. The van der Waals surface area contributed by atoms with E-state index in [0.29, 0.717) is 23.2 Å². The highest BCUT2D eigenvalue weighted by atomic mass is 16.5. The summed E-state index contributed by atoms with van der Waals surface area (Å²) in [5, 5.41) is 10.6. The van der Waals surface area contributed by atoms with Crippen LogP contribution in [0.2, 0.25) is 0 Å². The Bertz CT molecular complexity index is 858. The number of nitrogens with zero attached hydrogens (tertiary/aromatic N) is 2. The summed E-state index contributed by atoms with van der Waals surface area (Å²) in [5.74, 6) is 1.33. The lowest BCUT2D eigenvalue weighted by Crippen LogP contribution is -2.20. The van der Waals surface area contributed by atoms with E-state index in [1.165, 1.54) is 0 Å². The summed E-state index contributed by atoms with van der Waals surface area (Å²) in [6, 6.07) is 14.8. The molecule has 1 amide bonds. The van der Waals surface area contributed by atoms with Gasteiger partial charge in [-0.1, -0.05) is 18.2 Å². The molecule has 0 saturated heterocycles. The van der Waals surface area contributed by atoms with Gasteiger partial charge in [0.25, 0.3) is 5.91 Å². The van der Waals surface area contributed by atoms with Crippen molar-refractivity contribution in [2.24, 2.45) is 0 Å². The Hall–Kier alpha value is -3.15. The fourth-order valence-corrected chi connectivity index (χ4v) is 2.19. The Balaban J connectivity index is 1.62. The van der Waals surface area contributed by atoms with E-state index in [-0.39, 0.29) is 12.5 Å². The van der Waals surface area contributed by atoms with Gasteiger partial charge < -0.3 is 14.5 Å². The Morgan fingerprint density at radius 3 is 2.71 bits per heavy atom. The molecule has 1 N–H and O–H groups in total. The highest BCUT2D eigenvalue weighted by molar-refractivity contribution is 5.92. The molecule has 0 aliphatic heterocycles. The smallest absolute Gasteiger partial charge is 0.262 e. The molecule has 6 heteroatoms. The number of anilines is 1. The third-order valence-electron chi connectivity index (χ3n) is 3.28. The van der Waals surface area contributed by atoms with Gasteiger partial charge in [0.1, 0.15) is 5.75 Å². The topological polar surface area (TPSA) is 77.2 Å². The molecule has 0 aliphatic carbocycles. The molecule has 0 unspecified atom stereocenters. The zero-order valence-electron chi connectivity index (χ0n) is 13.4. The lowest BCUT2D eigenvalue weighted by Gasteiger charge is -2.08. The predicted octanol–water partition coefficient (Wildman–Crippen LogP) is 3.37. The summed E-state index contributed by atoms with van der Waals surface area (Å²) in [4.78, 5) is 12.0. The van der Waals surface area contributed by atoms with Crippen LogP contribution in [-0.2, 0) is 4.79 Å². The van der Waals surface area contributed by atoms with Gasteiger partial charge >= 0.3 is 0 Å². The van der Waals surface area contributed by atoms with Crippen LogP contribution in [0.3, 0.4) is 0 Å². The average molecular weight is 323 g/mol. The van der Waals surface area contributed by atoms with Crippen LogP contribution in [0.15, 0.2) is 52.9 Å². The van der Waals surface area contributed by atoms with Gasteiger partial charge in [0.2, 0.25) is 11.8 Å². The number of benzene rings is 2. The van der Waals surface area contributed by atoms with E-state index in [4.69, 9.17) is 9.15 Å². The third kappa shape index (κ3) is 3.98. The molecular weight excluding hydrogens is 306 g/mol. The number of ether oxygens (including phenoxy) is 1. The number of carbonyl (C=O) groups is 1. The van der Waals surface area contributed by atoms with Crippen LogP contribution in [0.5, 0.6) is 5.75 Å². The zero-order valence-corrected chi connectivity index (χ0v) is 13.4. The molecule has 6 nitrogen and oxygen atoms in total. The highest BCUT2D eigenvalue weighted by Gasteiger charge is 2.08. The second-order valence-corrected chi connectivity index (χ2v) is 5.36. The lowest BCUT2D eigenvalue weighted by molar-refractivity contribution is -0.118. The molecule has 1 heterocycles. The minimum Gasteiger partial charge on any atom is -0.484 e.